The Morgan fingerprint density at radius 1 is 1.20 bits per heavy atom. The monoisotopic (exact) mass is 274 g/mol. The van der Waals surface area contributed by atoms with Crippen LogP contribution in [0, 0.1) is 5.82 Å². The summed E-state index contributed by atoms with van der Waals surface area (Å²) in [4.78, 5) is 19.8. The second-order valence-electron chi connectivity index (χ2n) is 4.17. The topological polar surface area (TPSA) is 66.9 Å². The molecule has 0 radical (unpaired) electrons. The Kier molecular flexibility index (Phi) is 4.60. The van der Waals surface area contributed by atoms with Gasteiger partial charge in [0.15, 0.2) is 0 Å². The Bertz CT molecular complexity index is 569. The number of halogens is 1. The quantitative estimate of drug-likeness (QED) is 0.879. The SMILES string of the molecule is CCCNC(=O)c1cnc(Nc2ccc(F)cc2)cn1. The van der Waals surface area contributed by atoms with E-state index in [1.807, 2.05) is 6.92 Å². The first-order valence-electron chi connectivity index (χ1n) is 6.32. The second kappa shape index (κ2) is 6.60. The summed E-state index contributed by atoms with van der Waals surface area (Å²) in [6, 6.07) is 5.89. The van der Waals surface area contributed by atoms with E-state index in [9.17, 15) is 9.18 Å². The number of amides is 1. The minimum Gasteiger partial charge on any atom is -0.351 e. The molecule has 0 spiro atoms. The fourth-order valence-electron chi connectivity index (χ4n) is 1.52. The van der Waals surface area contributed by atoms with Crippen molar-refractivity contribution in [2.45, 2.75) is 13.3 Å². The molecule has 0 aliphatic heterocycles. The fraction of sp³-hybridized carbons (Fsp3) is 0.214. The van der Waals surface area contributed by atoms with Crippen molar-refractivity contribution in [3.8, 4) is 0 Å². The molecule has 20 heavy (non-hydrogen) atoms. The van der Waals surface area contributed by atoms with E-state index in [1.165, 1.54) is 24.5 Å². The maximum Gasteiger partial charge on any atom is 0.271 e. The number of hydrogen-bond donors (Lipinski definition) is 2. The Morgan fingerprint density at radius 3 is 2.55 bits per heavy atom. The normalized spacial score (nSPS) is 10.1. The van der Waals surface area contributed by atoms with E-state index in [-0.39, 0.29) is 17.4 Å². The van der Waals surface area contributed by atoms with E-state index in [4.69, 9.17) is 0 Å². The van der Waals surface area contributed by atoms with Gasteiger partial charge in [0, 0.05) is 12.2 Å². The van der Waals surface area contributed by atoms with Crippen molar-refractivity contribution in [2.24, 2.45) is 0 Å². The number of hydrogen-bond acceptors (Lipinski definition) is 4. The van der Waals surface area contributed by atoms with Crippen LogP contribution in [-0.2, 0) is 0 Å². The molecule has 2 rings (SSSR count). The van der Waals surface area contributed by atoms with Crippen molar-refractivity contribution >= 4 is 17.4 Å². The molecule has 0 atom stereocenters. The maximum absolute atomic E-state index is 12.8. The molecule has 0 saturated carbocycles. The third-order valence-corrected chi connectivity index (χ3v) is 2.54. The lowest BCUT2D eigenvalue weighted by molar-refractivity contribution is 0.0948. The molecule has 0 saturated heterocycles. The number of rotatable bonds is 5. The van der Waals surface area contributed by atoms with Crippen molar-refractivity contribution in [3.05, 3.63) is 48.2 Å². The van der Waals surface area contributed by atoms with Crippen LogP contribution in [0.4, 0.5) is 15.9 Å². The molecule has 1 amide bonds. The number of aromatic nitrogens is 2. The van der Waals surface area contributed by atoms with Crippen LogP contribution in [0.15, 0.2) is 36.7 Å². The van der Waals surface area contributed by atoms with Crippen molar-refractivity contribution in [2.75, 3.05) is 11.9 Å². The first-order chi connectivity index (χ1) is 9.69. The minimum absolute atomic E-state index is 0.243. The molecule has 104 valence electrons. The van der Waals surface area contributed by atoms with Crippen molar-refractivity contribution in [3.63, 3.8) is 0 Å². The fourth-order valence-corrected chi connectivity index (χ4v) is 1.52. The minimum atomic E-state index is -0.301. The van der Waals surface area contributed by atoms with Gasteiger partial charge in [0.2, 0.25) is 0 Å². The maximum atomic E-state index is 12.8. The van der Waals surface area contributed by atoms with Gasteiger partial charge >= 0.3 is 0 Å². The molecule has 5 nitrogen and oxygen atoms in total. The first-order valence-corrected chi connectivity index (χ1v) is 6.32. The summed E-state index contributed by atoms with van der Waals surface area (Å²) < 4.78 is 12.8. The summed E-state index contributed by atoms with van der Waals surface area (Å²) in [6.45, 7) is 2.58. The molecule has 2 aromatic rings. The molecule has 1 aromatic carbocycles. The van der Waals surface area contributed by atoms with Crippen LogP contribution in [0.1, 0.15) is 23.8 Å². The number of anilines is 2. The number of benzene rings is 1. The van der Waals surface area contributed by atoms with Crippen LogP contribution in [0.3, 0.4) is 0 Å². The van der Waals surface area contributed by atoms with Crippen LogP contribution in [0.5, 0.6) is 0 Å². The van der Waals surface area contributed by atoms with Gasteiger partial charge in [-0.15, -0.1) is 0 Å². The Labute approximate surface area is 116 Å². The lowest BCUT2D eigenvalue weighted by Crippen LogP contribution is -2.25. The zero-order valence-electron chi connectivity index (χ0n) is 11.1. The summed E-state index contributed by atoms with van der Waals surface area (Å²) >= 11 is 0. The van der Waals surface area contributed by atoms with Crippen LogP contribution in [0.25, 0.3) is 0 Å². The summed E-state index contributed by atoms with van der Waals surface area (Å²) in [7, 11) is 0. The summed E-state index contributed by atoms with van der Waals surface area (Å²) in [6.07, 6.45) is 3.73. The van der Waals surface area contributed by atoms with E-state index in [0.29, 0.717) is 18.1 Å². The highest BCUT2D eigenvalue weighted by atomic mass is 19.1. The van der Waals surface area contributed by atoms with Gasteiger partial charge in [-0.2, -0.15) is 0 Å². The predicted molar refractivity (Wildman–Crippen MR) is 74.3 cm³/mol. The molecule has 1 aromatic heterocycles. The van der Waals surface area contributed by atoms with E-state index in [1.54, 1.807) is 12.1 Å². The zero-order chi connectivity index (χ0) is 14.4. The molecule has 2 N–H and O–H groups in total. The molecule has 0 unspecified atom stereocenters. The average molecular weight is 274 g/mol. The Morgan fingerprint density at radius 2 is 1.95 bits per heavy atom. The standard InChI is InChI=1S/C14H15FN4O/c1-2-7-16-14(20)12-8-18-13(9-17-12)19-11-5-3-10(15)4-6-11/h3-6,8-9H,2,7H2,1H3,(H,16,20)(H,18,19). The van der Waals surface area contributed by atoms with E-state index < -0.39 is 0 Å². The van der Waals surface area contributed by atoms with Crippen molar-refractivity contribution in [1.82, 2.24) is 15.3 Å². The zero-order valence-corrected chi connectivity index (χ0v) is 11.1. The third-order valence-electron chi connectivity index (χ3n) is 2.54. The first kappa shape index (κ1) is 13.9. The van der Waals surface area contributed by atoms with Gasteiger partial charge in [-0.1, -0.05) is 6.92 Å². The van der Waals surface area contributed by atoms with Gasteiger partial charge in [-0.3, -0.25) is 4.79 Å². The largest absolute Gasteiger partial charge is 0.351 e. The molecule has 0 aliphatic rings. The average Bonchev–Trinajstić information content (AvgIpc) is 2.48. The molecule has 0 aliphatic carbocycles. The van der Waals surface area contributed by atoms with Gasteiger partial charge in [-0.25, -0.2) is 14.4 Å². The summed E-state index contributed by atoms with van der Waals surface area (Å²) in [5.74, 6) is -0.0547. The number of carbonyl (C=O) groups excluding carboxylic acids is 1. The summed E-state index contributed by atoms with van der Waals surface area (Å²) in [5, 5.41) is 5.69. The number of carbonyl (C=O) groups is 1. The van der Waals surface area contributed by atoms with Gasteiger partial charge in [0.05, 0.1) is 12.4 Å². The van der Waals surface area contributed by atoms with Crippen LogP contribution < -0.4 is 10.6 Å². The lowest BCUT2D eigenvalue weighted by atomic mass is 10.3. The van der Waals surface area contributed by atoms with Gasteiger partial charge in [-0.05, 0) is 30.7 Å². The highest BCUT2D eigenvalue weighted by molar-refractivity contribution is 5.92. The van der Waals surface area contributed by atoms with Crippen LogP contribution in [0.2, 0.25) is 0 Å². The van der Waals surface area contributed by atoms with Crippen LogP contribution >= 0.6 is 0 Å². The van der Waals surface area contributed by atoms with Gasteiger partial charge in [0.25, 0.3) is 5.91 Å². The second-order valence-corrected chi connectivity index (χ2v) is 4.17. The van der Waals surface area contributed by atoms with Gasteiger partial charge in [0.1, 0.15) is 17.3 Å². The number of nitrogens with one attached hydrogen (secondary N) is 2. The lowest BCUT2D eigenvalue weighted by Gasteiger charge is -2.06. The highest BCUT2D eigenvalue weighted by Gasteiger charge is 2.06. The molecular weight excluding hydrogens is 259 g/mol. The van der Waals surface area contributed by atoms with Crippen molar-refractivity contribution in [1.29, 1.82) is 0 Å². The molecule has 1 heterocycles. The van der Waals surface area contributed by atoms with Crippen LogP contribution in [-0.4, -0.2) is 22.4 Å². The third kappa shape index (κ3) is 3.74. The molecule has 0 fully saturated rings. The Hall–Kier alpha value is -2.50. The predicted octanol–water partition coefficient (Wildman–Crippen LogP) is 2.50. The summed E-state index contributed by atoms with van der Waals surface area (Å²) in [5.41, 5.74) is 0.965. The van der Waals surface area contributed by atoms with E-state index in [0.717, 1.165) is 6.42 Å². The highest BCUT2D eigenvalue weighted by Crippen LogP contribution is 2.13. The van der Waals surface area contributed by atoms with Gasteiger partial charge < -0.3 is 10.6 Å². The Balaban J connectivity index is 2.01. The molecule has 6 heteroatoms. The smallest absolute Gasteiger partial charge is 0.271 e. The van der Waals surface area contributed by atoms with E-state index in [2.05, 4.69) is 20.6 Å². The molecular formula is C14H15FN4O. The van der Waals surface area contributed by atoms with Crippen molar-refractivity contribution < 1.29 is 9.18 Å². The molecule has 0 bridgehead atoms. The van der Waals surface area contributed by atoms with E-state index >= 15 is 0 Å². The number of nitrogens with zero attached hydrogens (tertiary/aromatic N) is 2.